The molecule has 0 radical (unpaired) electrons. The molecule has 1 aliphatic heterocycles. The molecule has 1 saturated heterocycles. The molecule has 2 rings (SSSR count). The Morgan fingerprint density at radius 1 is 1.29 bits per heavy atom. The van der Waals surface area contributed by atoms with E-state index in [0.717, 1.165) is 25.5 Å². The molecular weight excluding hydrogens is 352 g/mol. The van der Waals surface area contributed by atoms with Gasteiger partial charge in [0.15, 0.2) is 9.84 Å². The van der Waals surface area contributed by atoms with Gasteiger partial charge in [-0.05, 0) is 49.9 Å². The zero-order chi connectivity index (χ0) is 18.0. The molecule has 2 N–H and O–H groups in total. The number of ether oxygens (including phenoxy) is 1. The molecule has 1 aromatic rings. The average molecular weight is 377 g/mol. The molecule has 9 heteroatoms. The zero-order valence-corrected chi connectivity index (χ0v) is 15.6. The minimum Gasteiger partial charge on any atom is -0.495 e. The third-order valence-corrected chi connectivity index (χ3v) is 7.23. The molecule has 7 nitrogen and oxygen atoms in total. The number of sulfonamides is 1. The number of benzene rings is 1. The molecule has 0 bridgehead atoms. The lowest BCUT2D eigenvalue weighted by molar-refractivity contribution is 0.257. The van der Waals surface area contributed by atoms with Gasteiger partial charge in [0.25, 0.3) is 0 Å². The van der Waals surface area contributed by atoms with Gasteiger partial charge in [-0.3, -0.25) is 0 Å². The van der Waals surface area contributed by atoms with Crippen molar-refractivity contribution < 1.29 is 21.6 Å². The highest BCUT2D eigenvalue weighted by molar-refractivity contribution is 7.91. The van der Waals surface area contributed by atoms with Crippen LogP contribution in [0.1, 0.15) is 19.3 Å². The van der Waals surface area contributed by atoms with E-state index in [1.165, 1.54) is 29.6 Å². The number of nitrogens with zero attached hydrogens (tertiary/aromatic N) is 1. The summed E-state index contributed by atoms with van der Waals surface area (Å²) in [5.74, 6) is 0.367. The van der Waals surface area contributed by atoms with Gasteiger partial charge in [-0.15, -0.1) is 0 Å². The summed E-state index contributed by atoms with van der Waals surface area (Å²) in [5, 5.41) is 0. The SMILES string of the molecule is COc1ccc(S(C)(=O)=O)cc1S(=O)(=O)N1CCCC(CCN)C1. The summed E-state index contributed by atoms with van der Waals surface area (Å²) in [7, 11) is -5.99. The first-order valence-electron chi connectivity index (χ1n) is 7.78. The topological polar surface area (TPSA) is 107 Å². The molecule has 0 aromatic heterocycles. The summed E-state index contributed by atoms with van der Waals surface area (Å²) in [4.78, 5) is -0.154. The summed E-state index contributed by atoms with van der Waals surface area (Å²) < 4.78 is 56.1. The molecule has 1 aliphatic rings. The minimum atomic E-state index is -3.84. The Hall–Kier alpha value is -1.16. The summed E-state index contributed by atoms with van der Waals surface area (Å²) in [6, 6.07) is 3.90. The van der Waals surface area contributed by atoms with E-state index in [4.69, 9.17) is 10.5 Å². The third kappa shape index (κ3) is 4.08. The number of methoxy groups -OCH3 is 1. The standard InChI is InChI=1S/C15H24N2O5S2/c1-22-14-6-5-13(23(2,18)19)10-15(14)24(20,21)17-9-3-4-12(11-17)7-8-16/h5-6,10,12H,3-4,7-9,11,16H2,1-2H3. The van der Waals surface area contributed by atoms with Crippen molar-refractivity contribution in [3.63, 3.8) is 0 Å². The monoisotopic (exact) mass is 376 g/mol. The third-order valence-electron chi connectivity index (χ3n) is 4.24. The Bertz CT molecular complexity index is 788. The van der Waals surface area contributed by atoms with Crippen molar-refractivity contribution >= 4 is 19.9 Å². The van der Waals surface area contributed by atoms with Crippen molar-refractivity contribution in [2.45, 2.75) is 29.1 Å². The van der Waals surface area contributed by atoms with E-state index in [2.05, 4.69) is 0 Å². The molecule has 1 fully saturated rings. The van der Waals surface area contributed by atoms with Crippen molar-refractivity contribution in [2.24, 2.45) is 11.7 Å². The van der Waals surface area contributed by atoms with Crippen molar-refractivity contribution in [1.82, 2.24) is 4.31 Å². The van der Waals surface area contributed by atoms with Gasteiger partial charge in [0.1, 0.15) is 10.6 Å². The van der Waals surface area contributed by atoms with Crippen LogP contribution in [0.2, 0.25) is 0 Å². The summed E-state index contributed by atoms with van der Waals surface area (Å²) >= 11 is 0. The van der Waals surface area contributed by atoms with Crippen molar-refractivity contribution in [2.75, 3.05) is 33.0 Å². The van der Waals surface area contributed by atoms with E-state index in [9.17, 15) is 16.8 Å². The van der Waals surface area contributed by atoms with E-state index in [1.807, 2.05) is 0 Å². The van der Waals surface area contributed by atoms with Gasteiger partial charge in [0.2, 0.25) is 10.0 Å². The fraction of sp³-hybridized carbons (Fsp3) is 0.600. The maximum Gasteiger partial charge on any atom is 0.246 e. The van der Waals surface area contributed by atoms with Crippen LogP contribution in [-0.4, -0.2) is 54.1 Å². The Balaban J connectivity index is 2.44. The van der Waals surface area contributed by atoms with Crippen LogP contribution in [-0.2, 0) is 19.9 Å². The lowest BCUT2D eigenvalue weighted by Gasteiger charge is -2.32. The number of piperidine rings is 1. The second-order valence-electron chi connectivity index (χ2n) is 6.03. The molecule has 0 spiro atoms. The zero-order valence-electron chi connectivity index (χ0n) is 13.9. The van der Waals surface area contributed by atoms with Gasteiger partial charge in [0, 0.05) is 19.3 Å². The molecule has 0 saturated carbocycles. The summed E-state index contributed by atoms with van der Waals surface area (Å²) in [5.41, 5.74) is 5.58. The van der Waals surface area contributed by atoms with Crippen molar-refractivity contribution in [3.05, 3.63) is 18.2 Å². The smallest absolute Gasteiger partial charge is 0.246 e. The highest BCUT2D eigenvalue weighted by atomic mass is 32.2. The number of hydrogen-bond acceptors (Lipinski definition) is 6. The van der Waals surface area contributed by atoms with E-state index < -0.39 is 19.9 Å². The number of rotatable bonds is 6. The van der Waals surface area contributed by atoms with Crippen LogP contribution in [0, 0.1) is 5.92 Å². The molecule has 1 atom stereocenters. The maximum atomic E-state index is 13.0. The quantitative estimate of drug-likeness (QED) is 0.789. The van der Waals surface area contributed by atoms with Crippen LogP contribution in [0.3, 0.4) is 0 Å². The van der Waals surface area contributed by atoms with Crippen LogP contribution in [0.4, 0.5) is 0 Å². The lowest BCUT2D eigenvalue weighted by Crippen LogP contribution is -2.40. The van der Waals surface area contributed by atoms with E-state index in [0.29, 0.717) is 19.6 Å². The Labute approximate surface area is 143 Å². The van der Waals surface area contributed by atoms with E-state index in [-0.39, 0.29) is 21.5 Å². The fourth-order valence-corrected chi connectivity index (χ4v) is 5.40. The molecule has 136 valence electrons. The summed E-state index contributed by atoms with van der Waals surface area (Å²) in [6.07, 6.45) is 3.53. The average Bonchev–Trinajstić information content (AvgIpc) is 2.54. The number of nitrogens with two attached hydrogens (primary N) is 1. The normalized spacial score (nSPS) is 20.0. The van der Waals surface area contributed by atoms with Gasteiger partial charge >= 0.3 is 0 Å². The van der Waals surface area contributed by atoms with Crippen molar-refractivity contribution in [1.29, 1.82) is 0 Å². The molecular formula is C15H24N2O5S2. The van der Waals surface area contributed by atoms with Crippen LogP contribution in [0.25, 0.3) is 0 Å². The lowest BCUT2D eigenvalue weighted by atomic mass is 9.96. The predicted octanol–water partition coefficient (Wildman–Crippen LogP) is 0.848. The minimum absolute atomic E-state index is 0.0441. The summed E-state index contributed by atoms with van der Waals surface area (Å²) in [6.45, 7) is 1.33. The Morgan fingerprint density at radius 2 is 2.00 bits per heavy atom. The second-order valence-corrected chi connectivity index (χ2v) is 9.96. The molecule has 24 heavy (non-hydrogen) atoms. The number of hydrogen-bond donors (Lipinski definition) is 1. The highest BCUT2D eigenvalue weighted by Crippen LogP contribution is 2.32. The first-order valence-corrected chi connectivity index (χ1v) is 11.1. The van der Waals surface area contributed by atoms with Crippen LogP contribution < -0.4 is 10.5 Å². The largest absolute Gasteiger partial charge is 0.495 e. The molecule has 1 aromatic carbocycles. The fourth-order valence-electron chi connectivity index (χ4n) is 2.94. The number of sulfone groups is 1. The van der Waals surface area contributed by atoms with E-state index >= 15 is 0 Å². The Kier molecular flexibility index (Phi) is 5.90. The predicted molar refractivity (Wildman–Crippen MR) is 91.3 cm³/mol. The van der Waals surface area contributed by atoms with Crippen LogP contribution in [0.5, 0.6) is 5.75 Å². The molecule has 0 aliphatic carbocycles. The van der Waals surface area contributed by atoms with Crippen LogP contribution >= 0.6 is 0 Å². The first kappa shape index (κ1) is 19.2. The van der Waals surface area contributed by atoms with E-state index in [1.54, 1.807) is 0 Å². The molecule has 1 heterocycles. The van der Waals surface area contributed by atoms with Gasteiger partial charge in [0.05, 0.1) is 12.0 Å². The molecule has 0 amide bonds. The van der Waals surface area contributed by atoms with Crippen molar-refractivity contribution in [3.8, 4) is 5.75 Å². The molecule has 1 unspecified atom stereocenters. The van der Waals surface area contributed by atoms with Gasteiger partial charge < -0.3 is 10.5 Å². The second kappa shape index (κ2) is 7.38. The first-order chi connectivity index (χ1) is 11.2. The van der Waals surface area contributed by atoms with Crippen LogP contribution in [0.15, 0.2) is 28.0 Å². The van der Waals surface area contributed by atoms with Gasteiger partial charge in [-0.25, -0.2) is 16.8 Å². The highest BCUT2D eigenvalue weighted by Gasteiger charge is 2.32. The Morgan fingerprint density at radius 3 is 2.58 bits per heavy atom. The van der Waals surface area contributed by atoms with Gasteiger partial charge in [-0.1, -0.05) is 0 Å². The maximum absolute atomic E-state index is 13.0. The van der Waals surface area contributed by atoms with Gasteiger partial charge in [-0.2, -0.15) is 4.31 Å².